The van der Waals surface area contributed by atoms with Gasteiger partial charge >= 0.3 is 0 Å². The highest BCUT2D eigenvalue weighted by Gasteiger charge is 2.33. The van der Waals surface area contributed by atoms with Gasteiger partial charge in [-0.1, -0.05) is 30.0 Å². The molecular formula is C25H31N3OS. The second-order valence-corrected chi connectivity index (χ2v) is 10.1. The first kappa shape index (κ1) is 20.0. The van der Waals surface area contributed by atoms with Crippen molar-refractivity contribution in [1.82, 2.24) is 4.90 Å². The molecule has 2 heterocycles. The molecule has 4 nitrogen and oxygen atoms in total. The number of thioether (sulfide) groups is 1. The second-order valence-electron chi connectivity index (χ2n) is 8.88. The van der Waals surface area contributed by atoms with E-state index in [-0.39, 0.29) is 6.10 Å². The van der Waals surface area contributed by atoms with Crippen LogP contribution < -0.4 is 10.5 Å². The summed E-state index contributed by atoms with van der Waals surface area (Å²) in [6.45, 7) is 7.40. The number of rotatable bonds is 5. The van der Waals surface area contributed by atoms with Gasteiger partial charge in [-0.15, -0.1) is 0 Å². The molecule has 5 rings (SSSR count). The van der Waals surface area contributed by atoms with E-state index < -0.39 is 0 Å². The first-order chi connectivity index (χ1) is 14.6. The van der Waals surface area contributed by atoms with Gasteiger partial charge in [-0.3, -0.25) is 9.89 Å². The number of nitrogen functional groups attached to an aromatic ring is 1. The first-order valence-electron chi connectivity index (χ1n) is 11.2. The molecule has 0 bridgehead atoms. The number of ether oxygens (including phenoxy) is 1. The molecule has 2 aromatic rings. The van der Waals surface area contributed by atoms with Crippen LogP contribution in [-0.4, -0.2) is 35.7 Å². The van der Waals surface area contributed by atoms with E-state index in [4.69, 9.17) is 15.5 Å². The Balaban J connectivity index is 1.34. The summed E-state index contributed by atoms with van der Waals surface area (Å²) in [5.74, 6) is 0.753. The smallest absolute Gasteiger partial charge is 0.142 e. The molecule has 2 N–H and O–H groups in total. The number of benzene rings is 2. The van der Waals surface area contributed by atoms with E-state index in [1.807, 2.05) is 37.7 Å². The molecule has 1 saturated heterocycles. The van der Waals surface area contributed by atoms with E-state index in [9.17, 15) is 0 Å². The van der Waals surface area contributed by atoms with E-state index in [1.165, 1.54) is 44.3 Å². The van der Waals surface area contributed by atoms with Crippen LogP contribution in [0.25, 0.3) is 0 Å². The zero-order valence-electron chi connectivity index (χ0n) is 17.9. The topological polar surface area (TPSA) is 50.8 Å². The molecule has 5 heteroatoms. The Kier molecular flexibility index (Phi) is 5.50. The van der Waals surface area contributed by atoms with E-state index in [0.717, 1.165) is 22.9 Å². The van der Waals surface area contributed by atoms with Gasteiger partial charge in [-0.05, 0) is 87.5 Å². The van der Waals surface area contributed by atoms with Gasteiger partial charge in [0.2, 0.25) is 0 Å². The van der Waals surface area contributed by atoms with Gasteiger partial charge in [0.25, 0.3) is 0 Å². The van der Waals surface area contributed by atoms with Crippen LogP contribution in [0.5, 0.6) is 5.75 Å². The number of anilines is 1. The Morgan fingerprint density at radius 1 is 1.13 bits per heavy atom. The van der Waals surface area contributed by atoms with E-state index in [1.54, 1.807) is 11.1 Å². The van der Waals surface area contributed by atoms with Crippen LogP contribution in [0.4, 0.5) is 5.69 Å². The lowest BCUT2D eigenvalue weighted by Crippen LogP contribution is -2.23. The van der Waals surface area contributed by atoms with E-state index in [2.05, 4.69) is 29.2 Å². The van der Waals surface area contributed by atoms with Crippen LogP contribution >= 0.6 is 11.8 Å². The van der Waals surface area contributed by atoms with Gasteiger partial charge < -0.3 is 10.5 Å². The highest BCUT2D eigenvalue weighted by atomic mass is 32.2. The summed E-state index contributed by atoms with van der Waals surface area (Å²) in [5, 5.41) is 1.49. The van der Waals surface area contributed by atoms with Crippen LogP contribution in [0, 0.1) is 0 Å². The maximum Gasteiger partial charge on any atom is 0.142 e. The largest absolute Gasteiger partial charge is 0.489 e. The van der Waals surface area contributed by atoms with Gasteiger partial charge in [0.15, 0.2) is 0 Å². The molecule has 1 fully saturated rings. The maximum atomic E-state index is 6.24. The molecule has 158 valence electrons. The summed E-state index contributed by atoms with van der Waals surface area (Å²) < 4.78 is 5.78. The van der Waals surface area contributed by atoms with Crippen molar-refractivity contribution < 1.29 is 4.74 Å². The van der Waals surface area contributed by atoms with Crippen molar-refractivity contribution in [2.24, 2.45) is 4.99 Å². The average Bonchev–Trinajstić information content (AvgIpc) is 3.48. The van der Waals surface area contributed by atoms with E-state index in [0.29, 0.717) is 17.0 Å². The Labute approximate surface area is 183 Å². The fourth-order valence-electron chi connectivity index (χ4n) is 5.13. The minimum atomic E-state index is 0.116. The predicted molar refractivity (Wildman–Crippen MR) is 127 cm³/mol. The van der Waals surface area contributed by atoms with Crippen LogP contribution in [0.15, 0.2) is 41.4 Å². The molecule has 30 heavy (non-hydrogen) atoms. The lowest BCUT2D eigenvalue weighted by Gasteiger charge is -2.24. The van der Waals surface area contributed by atoms with Crippen molar-refractivity contribution in [2.45, 2.75) is 56.9 Å². The molecule has 2 aromatic carbocycles. The van der Waals surface area contributed by atoms with Crippen molar-refractivity contribution >= 4 is 22.5 Å². The maximum absolute atomic E-state index is 6.24. The van der Waals surface area contributed by atoms with Crippen molar-refractivity contribution in [1.29, 1.82) is 0 Å². The Morgan fingerprint density at radius 3 is 2.70 bits per heavy atom. The monoisotopic (exact) mass is 421 g/mol. The van der Waals surface area contributed by atoms with Gasteiger partial charge in [-0.2, -0.15) is 0 Å². The number of hydrogen-bond acceptors (Lipinski definition) is 5. The number of nitrogens with two attached hydrogens (primary N) is 1. The molecule has 1 aliphatic carbocycles. The van der Waals surface area contributed by atoms with Crippen LogP contribution in [0.3, 0.4) is 0 Å². The summed E-state index contributed by atoms with van der Waals surface area (Å²) in [7, 11) is 0. The van der Waals surface area contributed by atoms with Crippen molar-refractivity contribution in [2.75, 3.05) is 25.4 Å². The molecule has 2 atom stereocenters. The van der Waals surface area contributed by atoms with Gasteiger partial charge in [-0.25, -0.2) is 0 Å². The normalized spacial score (nSPS) is 23.8. The lowest BCUT2D eigenvalue weighted by atomic mass is 9.99. The number of hydrogen-bond donors (Lipinski definition) is 1. The summed E-state index contributed by atoms with van der Waals surface area (Å²) in [6, 6.07) is 13.6. The lowest BCUT2D eigenvalue weighted by molar-refractivity contribution is 0.244. The Hall–Kier alpha value is -1.98. The molecule has 0 aromatic heterocycles. The number of fused-ring (bicyclic) bond motifs is 1. The summed E-state index contributed by atoms with van der Waals surface area (Å²) in [6.07, 6.45) is 5.29. The third kappa shape index (κ3) is 3.74. The second kappa shape index (κ2) is 8.27. The average molecular weight is 422 g/mol. The van der Waals surface area contributed by atoms with Crippen LogP contribution in [-0.2, 0) is 6.42 Å². The summed E-state index contributed by atoms with van der Waals surface area (Å²) in [5.41, 5.74) is 12.7. The first-order valence-corrected chi connectivity index (χ1v) is 12.1. The van der Waals surface area contributed by atoms with Crippen LogP contribution in [0.1, 0.15) is 66.7 Å². The SMILES string of the molecule is CC(C)Oc1ccc(C2=NCC(c3cccc4c3CCC4N3CCCC3)S2)cc1N. The van der Waals surface area contributed by atoms with Crippen molar-refractivity contribution in [3.05, 3.63) is 58.7 Å². The number of aliphatic imine (C=N–C) groups is 1. The molecule has 0 amide bonds. The molecule has 2 aliphatic heterocycles. The standard InChI is InChI=1S/C25H31N3OS/c1-16(2)29-23-11-8-17(14-21(23)26)25-27-15-24(30-25)20-7-5-6-19-18(20)9-10-22(19)28-12-3-4-13-28/h5-8,11,14,16,22,24H,3-4,9-10,12-13,15,26H2,1-2H3. The zero-order chi connectivity index (χ0) is 20.7. The third-order valence-electron chi connectivity index (χ3n) is 6.48. The third-order valence-corrected chi connectivity index (χ3v) is 7.75. The Morgan fingerprint density at radius 2 is 1.93 bits per heavy atom. The predicted octanol–water partition coefficient (Wildman–Crippen LogP) is 5.37. The van der Waals surface area contributed by atoms with Crippen molar-refractivity contribution in [3.63, 3.8) is 0 Å². The van der Waals surface area contributed by atoms with Gasteiger partial charge in [0.1, 0.15) is 5.75 Å². The Bertz CT molecular complexity index is 965. The van der Waals surface area contributed by atoms with Crippen LogP contribution in [0.2, 0.25) is 0 Å². The molecule has 0 spiro atoms. The zero-order valence-corrected chi connectivity index (χ0v) is 18.8. The molecule has 0 radical (unpaired) electrons. The minimum Gasteiger partial charge on any atom is -0.489 e. The summed E-state index contributed by atoms with van der Waals surface area (Å²) >= 11 is 1.88. The molecule has 0 saturated carbocycles. The number of likely N-dealkylation sites (tertiary alicyclic amines) is 1. The highest BCUT2D eigenvalue weighted by molar-refractivity contribution is 8.14. The summed E-state index contributed by atoms with van der Waals surface area (Å²) in [4.78, 5) is 7.59. The van der Waals surface area contributed by atoms with Gasteiger partial charge in [0, 0.05) is 11.6 Å². The molecule has 3 aliphatic rings. The van der Waals surface area contributed by atoms with Gasteiger partial charge in [0.05, 0.1) is 28.6 Å². The fraction of sp³-hybridized carbons (Fsp3) is 0.480. The van der Waals surface area contributed by atoms with Crippen molar-refractivity contribution in [3.8, 4) is 5.75 Å². The molecular weight excluding hydrogens is 390 g/mol. The number of nitrogens with zero attached hydrogens (tertiary/aromatic N) is 2. The molecule has 2 unspecified atom stereocenters. The van der Waals surface area contributed by atoms with E-state index >= 15 is 0 Å². The fourth-order valence-corrected chi connectivity index (χ4v) is 6.31. The minimum absolute atomic E-state index is 0.116. The quantitative estimate of drug-likeness (QED) is 0.659. The highest BCUT2D eigenvalue weighted by Crippen LogP contribution is 2.45.